The number of halogens is 3. The Morgan fingerprint density at radius 2 is 1.72 bits per heavy atom. The minimum atomic E-state index is -3.44. The smallest absolute Gasteiger partial charge is 0.237 e. The fourth-order valence-electron chi connectivity index (χ4n) is 4.00. The topological polar surface area (TPSA) is 78.8 Å². The van der Waals surface area contributed by atoms with Gasteiger partial charge in [0.2, 0.25) is 5.91 Å². The van der Waals surface area contributed by atoms with Gasteiger partial charge in [0.15, 0.2) is 15.5 Å². The van der Waals surface area contributed by atoms with Gasteiger partial charge in [0.1, 0.15) is 5.75 Å². The van der Waals surface area contributed by atoms with Crippen molar-refractivity contribution in [1.29, 1.82) is 0 Å². The number of hydrogen-bond donors (Lipinski definition) is 1. The number of sulfone groups is 1. The molecule has 0 radical (unpaired) electrons. The first-order valence-corrected chi connectivity index (χ1v) is 12.7. The lowest BCUT2D eigenvalue weighted by molar-refractivity contribution is -0.143. The van der Waals surface area contributed by atoms with E-state index >= 15 is 4.39 Å². The molecule has 10 heteroatoms. The van der Waals surface area contributed by atoms with E-state index < -0.39 is 32.7 Å². The lowest BCUT2D eigenvalue weighted by Crippen LogP contribution is -2.59. The molecule has 0 spiro atoms. The number of hydrogen-bond acceptors (Lipinski definition) is 5. The third-order valence-electron chi connectivity index (χ3n) is 5.82. The van der Waals surface area contributed by atoms with Crippen LogP contribution < -0.4 is 5.43 Å². The van der Waals surface area contributed by atoms with Gasteiger partial charge in [-0.25, -0.2) is 12.8 Å². The normalized spacial score (nSPS) is 22.2. The van der Waals surface area contributed by atoms with E-state index in [2.05, 4.69) is 10.5 Å². The monoisotopic (exact) mass is 497 g/mol. The highest BCUT2D eigenvalue weighted by Gasteiger charge is 2.47. The van der Waals surface area contributed by atoms with Crippen LogP contribution in [0, 0.1) is 0 Å². The SMILES string of the molecule is CC1(c2cc(Cl)cc(Cl)c2)CC(c2ccc(C3(F)CN(C(=O)CS(C)(=O)=O)C3)cc2)=NN1. The van der Waals surface area contributed by atoms with Crippen molar-refractivity contribution >= 4 is 44.7 Å². The summed E-state index contributed by atoms with van der Waals surface area (Å²) in [6, 6.07) is 12.3. The Morgan fingerprint density at radius 3 is 2.28 bits per heavy atom. The zero-order chi connectivity index (χ0) is 23.3. The summed E-state index contributed by atoms with van der Waals surface area (Å²) < 4.78 is 37.8. The Kier molecular flexibility index (Phi) is 5.76. The Bertz CT molecular complexity index is 1190. The molecule has 1 fully saturated rings. The molecule has 0 bridgehead atoms. The number of alkyl halides is 1. The molecule has 1 atom stereocenters. The van der Waals surface area contributed by atoms with Gasteiger partial charge in [-0.1, -0.05) is 47.5 Å². The summed E-state index contributed by atoms with van der Waals surface area (Å²) in [6.07, 6.45) is 1.58. The number of benzene rings is 2. The number of hydrazone groups is 1. The minimum absolute atomic E-state index is 0.156. The van der Waals surface area contributed by atoms with Crippen molar-refractivity contribution in [3.8, 4) is 0 Å². The van der Waals surface area contributed by atoms with Gasteiger partial charge in [0.25, 0.3) is 0 Å². The molecule has 0 aliphatic carbocycles. The van der Waals surface area contributed by atoms with Crippen LogP contribution in [0.3, 0.4) is 0 Å². The molecule has 1 N–H and O–H groups in total. The number of carbonyl (C=O) groups is 1. The second kappa shape index (κ2) is 8.01. The van der Waals surface area contributed by atoms with Crippen molar-refractivity contribution < 1.29 is 17.6 Å². The average Bonchev–Trinajstić information content (AvgIpc) is 3.07. The second-order valence-electron chi connectivity index (χ2n) is 8.70. The van der Waals surface area contributed by atoms with Crippen LogP contribution in [-0.2, 0) is 25.8 Å². The molecule has 32 heavy (non-hydrogen) atoms. The maximum Gasteiger partial charge on any atom is 0.237 e. The Morgan fingerprint density at radius 1 is 1.12 bits per heavy atom. The molecule has 1 unspecified atom stereocenters. The Hall–Kier alpha value is -2.16. The third kappa shape index (κ3) is 4.63. The van der Waals surface area contributed by atoms with Crippen LogP contribution >= 0.6 is 23.2 Å². The summed E-state index contributed by atoms with van der Waals surface area (Å²) in [4.78, 5) is 13.2. The van der Waals surface area contributed by atoms with E-state index in [1.807, 2.05) is 19.1 Å². The fraction of sp³-hybridized carbons (Fsp3) is 0.364. The first kappa shape index (κ1) is 23.0. The van der Waals surface area contributed by atoms with Crippen molar-refractivity contribution in [2.75, 3.05) is 25.1 Å². The van der Waals surface area contributed by atoms with Gasteiger partial charge >= 0.3 is 0 Å². The molecule has 1 saturated heterocycles. The summed E-state index contributed by atoms with van der Waals surface area (Å²) in [5, 5.41) is 5.56. The standard InChI is InChI=1S/C22H22Cl2FN3O3S/c1-21(16-7-17(23)9-18(24)8-16)10-19(26-27-21)14-3-5-15(6-4-14)22(25)12-28(13-22)20(29)11-32(2,30)31/h3-9,27H,10-13H2,1-2H3. The van der Waals surface area contributed by atoms with Crippen LogP contribution in [0.25, 0.3) is 0 Å². The molecule has 0 saturated carbocycles. The predicted molar refractivity (Wildman–Crippen MR) is 124 cm³/mol. The summed E-state index contributed by atoms with van der Waals surface area (Å²) in [7, 11) is -3.44. The zero-order valence-corrected chi connectivity index (χ0v) is 19.9. The summed E-state index contributed by atoms with van der Waals surface area (Å²) >= 11 is 12.3. The summed E-state index contributed by atoms with van der Waals surface area (Å²) in [6.45, 7) is 1.69. The zero-order valence-electron chi connectivity index (χ0n) is 17.5. The molecule has 2 heterocycles. The molecule has 2 aromatic rings. The van der Waals surface area contributed by atoms with Gasteiger partial charge in [-0.05, 0) is 41.8 Å². The Balaban J connectivity index is 1.43. The first-order chi connectivity index (χ1) is 14.9. The summed E-state index contributed by atoms with van der Waals surface area (Å²) in [5.74, 6) is -1.19. The van der Waals surface area contributed by atoms with Gasteiger partial charge in [-0.15, -0.1) is 0 Å². The van der Waals surface area contributed by atoms with Gasteiger partial charge in [-0.3, -0.25) is 10.2 Å². The molecule has 2 aliphatic heterocycles. The molecule has 0 aromatic heterocycles. The van der Waals surface area contributed by atoms with E-state index in [4.69, 9.17) is 23.2 Å². The van der Waals surface area contributed by atoms with Gasteiger partial charge in [-0.2, -0.15) is 5.10 Å². The number of rotatable bonds is 5. The molecule has 1 amide bonds. The van der Waals surface area contributed by atoms with Gasteiger partial charge < -0.3 is 4.90 Å². The molecule has 2 aliphatic rings. The van der Waals surface area contributed by atoms with Gasteiger partial charge in [0, 0.05) is 22.7 Å². The van der Waals surface area contributed by atoms with Crippen LogP contribution in [-0.4, -0.2) is 50.0 Å². The maximum atomic E-state index is 15.2. The Labute approximate surface area is 196 Å². The molecule has 6 nitrogen and oxygen atoms in total. The van der Waals surface area contributed by atoms with Crippen LogP contribution in [0.1, 0.15) is 30.0 Å². The maximum absolute atomic E-state index is 15.2. The quantitative estimate of drug-likeness (QED) is 0.683. The van der Waals surface area contributed by atoms with Crippen LogP contribution in [0.4, 0.5) is 4.39 Å². The fourth-order valence-corrected chi connectivity index (χ4v) is 5.16. The number of likely N-dealkylation sites (tertiary alicyclic amines) is 1. The highest BCUT2D eigenvalue weighted by atomic mass is 35.5. The van der Waals surface area contributed by atoms with Crippen molar-refractivity contribution in [3.63, 3.8) is 0 Å². The van der Waals surface area contributed by atoms with Crippen LogP contribution in [0.5, 0.6) is 0 Å². The summed E-state index contributed by atoms with van der Waals surface area (Å²) in [5.41, 5.74) is 4.04. The van der Waals surface area contributed by atoms with Crippen LogP contribution in [0.15, 0.2) is 47.6 Å². The molecule has 4 rings (SSSR count). The van der Waals surface area contributed by atoms with E-state index in [0.29, 0.717) is 22.0 Å². The van der Waals surface area contributed by atoms with Crippen molar-refractivity contribution in [3.05, 3.63) is 69.2 Å². The number of nitrogens with zero attached hydrogens (tertiary/aromatic N) is 2. The van der Waals surface area contributed by atoms with Crippen molar-refractivity contribution in [2.24, 2.45) is 5.10 Å². The van der Waals surface area contributed by atoms with Crippen LogP contribution in [0.2, 0.25) is 10.0 Å². The third-order valence-corrected chi connectivity index (χ3v) is 7.02. The van der Waals surface area contributed by atoms with Gasteiger partial charge in [0.05, 0.1) is 24.3 Å². The predicted octanol–water partition coefficient (Wildman–Crippen LogP) is 3.66. The average molecular weight is 498 g/mol. The second-order valence-corrected chi connectivity index (χ2v) is 11.7. The number of carbonyl (C=O) groups excluding carboxylic acids is 1. The highest BCUT2D eigenvalue weighted by Crippen LogP contribution is 2.38. The lowest BCUT2D eigenvalue weighted by atomic mass is 9.85. The van der Waals surface area contributed by atoms with E-state index in [9.17, 15) is 13.2 Å². The van der Waals surface area contributed by atoms with E-state index in [1.54, 1.807) is 30.3 Å². The molecule has 2 aromatic carbocycles. The van der Waals surface area contributed by atoms with Crippen molar-refractivity contribution in [1.82, 2.24) is 10.3 Å². The van der Waals surface area contributed by atoms with E-state index in [1.165, 1.54) is 4.90 Å². The number of nitrogens with one attached hydrogen (secondary N) is 1. The largest absolute Gasteiger partial charge is 0.335 e. The van der Waals surface area contributed by atoms with Crippen molar-refractivity contribution in [2.45, 2.75) is 24.6 Å². The molecular weight excluding hydrogens is 476 g/mol. The lowest BCUT2D eigenvalue weighted by Gasteiger charge is -2.44. The van der Waals surface area contributed by atoms with E-state index in [0.717, 1.165) is 23.1 Å². The molecule has 170 valence electrons. The van der Waals surface area contributed by atoms with E-state index in [-0.39, 0.29) is 13.1 Å². The molecular formula is C22H22Cl2FN3O3S. The highest BCUT2D eigenvalue weighted by molar-refractivity contribution is 7.91. The minimum Gasteiger partial charge on any atom is -0.335 e. The first-order valence-electron chi connectivity index (χ1n) is 9.93. The number of amides is 1.